The maximum Gasteiger partial charge on any atom is 0.351 e. The molecular weight excluding hydrogens is 282 g/mol. The van der Waals surface area contributed by atoms with E-state index in [0.29, 0.717) is 10.6 Å². The minimum Gasteiger partial charge on any atom is -0.448 e. The van der Waals surface area contributed by atoms with E-state index in [9.17, 15) is 14.4 Å². The topological polar surface area (TPSA) is 97.4 Å². The molecule has 7 nitrogen and oxygen atoms in total. The molecule has 1 saturated carbocycles. The van der Waals surface area contributed by atoms with E-state index in [1.807, 2.05) is 0 Å². The molecule has 108 valence electrons. The number of esters is 1. The van der Waals surface area contributed by atoms with Gasteiger partial charge < -0.3 is 10.1 Å². The van der Waals surface area contributed by atoms with Gasteiger partial charge in [-0.3, -0.25) is 10.1 Å². The number of aryl methyl sites for hydroxylation is 1. The average molecular weight is 297 g/mol. The van der Waals surface area contributed by atoms with Crippen molar-refractivity contribution in [1.82, 2.24) is 15.6 Å². The van der Waals surface area contributed by atoms with Crippen LogP contribution in [0.4, 0.5) is 4.79 Å². The van der Waals surface area contributed by atoms with Crippen LogP contribution in [0.2, 0.25) is 0 Å². The standard InChI is InChI=1S/C12H15N3O4S/c1-6-9(20-5-13-6)11(17)19-7(2)10(16)15-12(18)14-8-3-4-8/h5,7-8H,3-4H2,1-2H3,(H2,14,15,16,18)/t7-/m0/s1. The molecule has 1 heterocycles. The van der Waals surface area contributed by atoms with Crippen molar-refractivity contribution in [2.45, 2.75) is 38.8 Å². The zero-order valence-electron chi connectivity index (χ0n) is 11.1. The number of nitrogens with one attached hydrogen (secondary N) is 2. The Labute approximate surface area is 119 Å². The molecule has 1 aliphatic rings. The van der Waals surface area contributed by atoms with E-state index in [-0.39, 0.29) is 6.04 Å². The maximum atomic E-state index is 11.8. The molecule has 1 aliphatic carbocycles. The van der Waals surface area contributed by atoms with Crippen LogP contribution in [0.5, 0.6) is 0 Å². The second-order valence-corrected chi connectivity index (χ2v) is 5.41. The number of hydrogen-bond acceptors (Lipinski definition) is 6. The van der Waals surface area contributed by atoms with Crippen LogP contribution in [0.25, 0.3) is 0 Å². The molecule has 8 heteroatoms. The fourth-order valence-corrected chi connectivity index (χ4v) is 2.11. The van der Waals surface area contributed by atoms with Crippen molar-refractivity contribution in [2.24, 2.45) is 0 Å². The average Bonchev–Trinajstić information content (AvgIpc) is 3.07. The van der Waals surface area contributed by atoms with Gasteiger partial charge in [-0.1, -0.05) is 0 Å². The van der Waals surface area contributed by atoms with Gasteiger partial charge in [-0.05, 0) is 26.7 Å². The molecule has 1 aromatic rings. The van der Waals surface area contributed by atoms with Crippen LogP contribution < -0.4 is 10.6 Å². The van der Waals surface area contributed by atoms with E-state index in [0.717, 1.165) is 24.2 Å². The number of carbonyl (C=O) groups excluding carboxylic acids is 3. The fourth-order valence-electron chi connectivity index (χ4n) is 1.43. The van der Waals surface area contributed by atoms with Crippen LogP contribution in [-0.2, 0) is 9.53 Å². The van der Waals surface area contributed by atoms with Gasteiger partial charge >= 0.3 is 12.0 Å². The van der Waals surface area contributed by atoms with Gasteiger partial charge in [0.1, 0.15) is 4.88 Å². The molecule has 0 bridgehead atoms. The van der Waals surface area contributed by atoms with Crippen molar-refractivity contribution in [3.63, 3.8) is 0 Å². The first-order valence-corrected chi connectivity index (χ1v) is 7.07. The van der Waals surface area contributed by atoms with Gasteiger partial charge in [-0.15, -0.1) is 11.3 Å². The number of urea groups is 1. The molecular formula is C12H15N3O4S. The number of aromatic nitrogens is 1. The highest BCUT2D eigenvalue weighted by molar-refractivity contribution is 7.11. The SMILES string of the molecule is Cc1ncsc1C(=O)O[C@@H](C)C(=O)NC(=O)NC1CC1. The van der Waals surface area contributed by atoms with Crippen LogP contribution in [0, 0.1) is 6.92 Å². The highest BCUT2D eigenvalue weighted by Crippen LogP contribution is 2.18. The summed E-state index contributed by atoms with van der Waals surface area (Å²) in [6.07, 6.45) is 0.808. The molecule has 3 amide bonds. The Balaban J connectivity index is 1.82. The van der Waals surface area contributed by atoms with Gasteiger partial charge in [0.05, 0.1) is 11.2 Å². The van der Waals surface area contributed by atoms with Crippen LogP contribution in [-0.4, -0.2) is 35.0 Å². The summed E-state index contributed by atoms with van der Waals surface area (Å²) in [6.45, 7) is 3.09. The van der Waals surface area contributed by atoms with Crippen LogP contribution >= 0.6 is 11.3 Å². The predicted octanol–water partition coefficient (Wildman–Crippen LogP) is 0.985. The number of thiazole rings is 1. The van der Waals surface area contributed by atoms with Gasteiger partial charge in [0, 0.05) is 6.04 Å². The number of carbonyl (C=O) groups is 3. The highest BCUT2D eigenvalue weighted by atomic mass is 32.1. The van der Waals surface area contributed by atoms with E-state index in [2.05, 4.69) is 15.6 Å². The first kappa shape index (κ1) is 14.4. The largest absolute Gasteiger partial charge is 0.448 e. The Kier molecular flexibility index (Phi) is 4.33. The lowest BCUT2D eigenvalue weighted by Gasteiger charge is -2.12. The van der Waals surface area contributed by atoms with Crippen molar-refractivity contribution in [3.8, 4) is 0 Å². The van der Waals surface area contributed by atoms with Crippen LogP contribution in [0.1, 0.15) is 35.1 Å². The Bertz CT molecular complexity index is 539. The summed E-state index contributed by atoms with van der Waals surface area (Å²) in [7, 11) is 0. The van der Waals surface area contributed by atoms with Crippen LogP contribution in [0.15, 0.2) is 5.51 Å². The van der Waals surface area contributed by atoms with Gasteiger partial charge in [-0.2, -0.15) is 0 Å². The molecule has 2 rings (SSSR count). The number of amides is 3. The molecule has 0 spiro atoms. The molecule has 20 heavy (non-hydrogen) atoms. The molecule has 0 aromatic carbocycles. The highest BCUT2D eigenvalue weighted by Gasteiger charge is 2.26. The smallest absolute Gasteiger partial charge is 0.351 e. The van der Waals surface area contributed by atoms with Gasteiger partial charge in [-0.25, -0.2) is 14.6 Å². The summed E-state index contributed by atoms with van der Waals surface area (Å²) in [4.78, 5) is 39.1. The molecule has 0 aliphatic heterocycles. The second kappa shape index (κ2) is 6.00. The molecule has 2 N–H and O–H groups in total. The molecule has 1 aromatic heterocycles. The first-order valence-electron chi connectivity index (χ1n) is 6.20. The van der Waals surface area contributed by atoms with Gasteiger partial charge in [0.25, 0.3) is 5.91 Å². The van der Waals surface area contributed by atoms with Crippen molar-refractivity contribution >= 4 is 29.2 Å². The van der Waals surface area contributed by atoms with E-state index < -0.39 is 24.0 Å². The molecule has 0 unspecified atom stereocenters. The van der Waals surface area contributed by atoms with Crippen molar-refractivity contribution < 1.29 is 19.1 Å². The summed E-state index contributed by atoms with van der Waals surface area (Å²) < 4.78 is 5.00. The molecule has 0 radical (unpaired) electrons. The summed E-state index contributed by atoms with van der Waals surface area (Å²) >= 11 is 1.15. The number of hydrogen-bond donors (Lipinski definition) is 2. The number of nitrogens with zero attached hydrogens (tertiary/aromatic N) is 1. The normalized spacial score (nSPS) is 15.3. The predicted molar refractivity (Wildman–Crippen MR) is 71.4 cm³/mol. The summed E-state index contributed by atoms with van der Waals surface area (Å²) in [6, 6.07) is -0.408. The zero-order valence-corrected chi connectivity index (χ0v) is 12.0. The molecule has 1 fully saturated rings. The molecule has 1 atom stereocenters. The van der Waals surface area contributed by atoms with Crippen molar-refractivity contribution in [1.29, 1.82) is 0 Å². The van der Waals surface area contributed by atoms with Gasteiger partial charge in [0.2, 0.25) is 0 Å². The minimum absolute atomic E-state index is 0.153. The maximum absolute atomic E-state index is 11.8. The zero-order chi connectivity index (χ0) is 14.7. The Morgan fingerprint density at radius 3 is 2.70 bits per heavy atom. The monoisotopic (exact) mass is 297 g/mol. The second-order valence-electron chi connectivity index (χ2n) is 4.55. The van der Waals surface area contributed by atoms with Crippen molar-refractivity contribution in [2.75, 3.05) is 0 Å². The lowest BCUT2D eigenvalue weighted by Crippen LogP contribution is -2.45. The lowest BCUT2D eigenvalue weighted by molar-refractivity contribution is -0.127. The molecule has 0 saturated heterocycles. The fraction of sp³-hybridized carbons (Fsp3) is 0.500. The summed E-state index contributed by atoms with van der Waals surface area (Å²) in [5, 5.41) is 4.75. The van der Waals surface area contributed by atoms with E-state index in [1.54, 1.807) is 6.92 Å². The Morgan fingerprint density at radius 1 is 1.45 bits per heavy atom. The summed E-state index contributed by atoms with van der Waals surface area (Å²) in [5.41, 5.74) is 2.08. The quantitative estimate of drug-likeness (QED) is 0.808. The van der Waals surface area contributed by atoms with Crippen molar-refractivity contribution in [3.05, 3.63) is 16.1 Å². The Hall–Kier alpha value is -1.96. The minimum atomic E-state index is -1.05. The van der Waals surface area contributed by atoms with E-state index in [1.165, 1.54) is 12.4 Å². The van der Waals surface area contributed by atoms with Crippen LogP contribution in [0.3, 0.4) is 0 Å². The third kappa shape index (κ3) is 3.77. The van der Waals surface area contributed by atoms with Gasteiger partial charge in [0.15, 0.2) is 6.10 Å². The third-order valence-electron chi connectivity index (χ3n) is 2.73. The number of rotatable bonds is 4. The Morgan fingerprint density at radius 2 is 2.15 bits per heavy atom. The lowest BCUT2D eigenvalue weighted by atomic mass is 10.3. The summed E-state index contributed by atoms with van der Waals surface area (Å²) in [5.74, 6) is -1.27. The van der Waals surface area contributed by atoms with E-state index in [4.69, 9.17) is 4.74 Å². The first-order chi connectivity index (χ1) is 9.47. The van der Waals surface area contributed by atoms with E-state index >= 15 is 0 Å². The number of imide groups is 1. The number of ether oxygens (including phenoxy) is 1. The third-order valence-corrected chi connectivity index (χ3v) is 3.64.